The molecule has 7 heteroatoms. The smallest absolute Gasteiger partial charge is 0.270 e. The maximum Gasteiger partial charge on any atom is 0.270 e. The van der Waals surface area contributed by atoms with Crippen LogP contribution in [-0.2, 0) is 6.54 Å². The SMILES string of the molecule is Cc1nc(Nc2ccc(C)c(Cl)c2)cc(C(=O)NCc2ccc(F)cc2)n1. The molecule has 0 bridgehead atoms. The summed E-state index contributed by atoms with van der Waals surface area (Å²) in [6.45, 7) is 3.91. The quantitative estimate of drug-likeness (QED) is 0.676. The van der Waals surface area contributed by atoms with Gasteiger partial charge >= 0.3 is 0 Å². The molecule has 0 aliphatic rings. The van der Waals surface area contributed by atoms with E-state index in [1.807, 2.05) is 19.1 Å². The van der Waals surface area contributed by atoms with E-state index in [-0.39, 0.29) is 24.0 Å². The van der Waals surface area contributed by atoms with Gasteiger partial charge in [0.15, 0.2) is 0 Å². The first-order chi connectivity index (χ1) is 12.9. The standard InChI is InChI=1S/C20H18ClFN4O/c1-12-3-8-16(9-17(12)21)26-19-10-18(24-13(2)25-19)20(27)23-11-14-4-6-15(22)7-5-14/h3-10H,11H2,1-2H3,(H,23,27)(H,24,25,26). The van der Waals surface area contributed by atoms with Gasteiger partial charge in [0.25, 0.3) is 5.91 Å². The van der Waals surface area contributed by atoms with E-state index in [4.69, 9.17) is 11.6 Å². The summed E-state index contributed by atoms with van der Waals surface area (Å²) in [6.07, 6.45) is 0. The number of carbonyl (C=O) groups excluding carboxylic acids is 1. The molecule has 0 saturated carbocycles. The van der Waals surface area contributed by atoms with E-state index in [0.29, 0.717) is 16.7 Å². The fraction of sp³-hybridized carbons (Fsp3) is 0.150. The van der Waals surface area contributed by atoms with Crippen molar-refractivity contribution < 1.29 is 9.18 Å². The third-order valence-electron chi connectivity index (χ3n) is 3.88. The summed E-state index contributed by atoms with van der Waals surface area (Å²) in [4.78, 5) is 20.9. The molecule has 3 aromatic rings. The van der Waals surface area contributed by atoms with E-state index >= 15 is 0 Å². The van der Waals surface area contributed by atoms with Gasteiger partial charge in [0, 0.05) is 23.3 Å². The normalized spacial score (nSPS) is 10.5. The zero-order valence-electron chi connectivity index (χ0n) is 14.9. The van der Waals surface area contributed by atoms with Crippen molar-refractivity contribution in [1.29, 1.82) is 0 Å². The molecule has 3 rings (SSSR count). The van der Waals surface area contributed by atoms with E-state index in [2.05, 4.69) is 20.6 Å². The molecular weight excluding hydrogens is 367 g/mol. The number of aryl methyl sites for hydroxylation is 2. The number of aromatic nitrogens is 2. The van der Waals surface area contributed by atoms with Gasteiger partial charge < -0.3 is 10.6 Å². The molecule has 0 saturated heterocycles. The van der Waals surface area contributed by atoms with Crippen LogP contribution in [0.15, 0.2) is 48.5 Å². The molecule has 0 atom stereocenters. The van der Waals surface area contributed by atoms with Gasteiger partial charge in [-0.1, -0.05) is 29.8 Å². The average molecular weight is 385 g/mol. The second-order valence-corrected chi connectivity index (χ2v) is 6.49. The van der Waals surface area contributed by atoms with Crippen LogP contribution in [-0.4, -0.2) is 15.9 Å². The predicted molar refractivity (Wildman–Crippen MR) is 104 cm³/mol. The van der Waals surface area contributed by atoms with Crippen LogP contribution in [0.1, 0.15) is 27.4 Å². The summed E-state index contributed by atoms with van der Waals surface area (Å²) in [5.41, 5.74) is 2.77. The van der Waals surface area contributed by atoms with Crippen molar-refractivity contribution in [3.8, 4) is 0 Å². The van der Waals surface area contributed by atoms with Crippen LogP contribution in [0.3, 0.4) is 0 Å². The summed E-state index contributed by atoms with van der Waals surface area (Å²) < 4.78 is 12.9. The summed E-state index contributed by atoms with van der Waals surface area (Å²) in [7, 11) is 0. The minimum atomic E-state index is -0.338. The van der Waals surface area contributed by atoms with Crippen LogP contribution >= 0.6 is 11.6 Å². The van der Waals surface area contributed by atoms with Gasteiger partial charge in [-0.2, -0.15) is 0 Å². The molecule has 1 heterocycles. The second kappa shape index (κ2) is 8.14. The number of nitrogens with zero attached hydrogens (tertiary/aromatic N) is 2. The molecule has 2 aromatic carbocycles. The fourth-order valence-electron chi connectivity index (χ4n) is 2.44. The summed E-state index contributed by atoms with van der Waals surface area (Å²) in [5, 5.41) is 6.54. The lowest BCUT2D eigenvalue weighted by atomic mass is 10.2. The Kier molecular flexibility index (Phi) is 5.66. The Bertz CT molecular complexity index is 976. The molecule has 0 aliphatic carbocycles. The number of amides is 1. The van der Waals surface area contributed by atoms with Gasteiger partial charge in [-0.05, 0) is 49.2 Å². The zero-order valence-corrected chi connectivity index (χ0v) is 15.6. The first kappa shape index (κ1) is 18.8. The molecule has 0 radical (unpaired) electrons. The highest BCUT2D eigenvalue weighted by atomic mass is 35.5. The maximum absolute atomic E-state index is 12.9. The van der Waals surface area contributed by atoms with Gasteiger partial charge in [0.05, 0.1) is 0 Å². The summed E-state index contributed by atoms with van der Waals surface area (Å²) in [6, 6.07) is 13.1. The Labute approximate surface area is 161 Å². The van der Waals surface area contributed by atoms with Crippen molar-refractivity contribution in [2.75, 3.05) is 5.32 Å². The molecule has 0 unspecified atom stereocenters. The largest absolute Gasteiger partial charge is 0.347 e. The summed E-state index contributed by atoms with van der Waals surface area (Å²) >= 11 is 6.14. The van der Waals surface area contributed by atoms with Crippen molar-refractivity contribution in [3.63, 3.8) is 0 Å². The second-order valence-electron chi connectivity index (χ2n) is 6.08. The summed E-state index contributed by atoms with van der Waals surface area (Å²) in [5.74, 6) is 0.303. The third kappa shape index (κ3) is 5.01. The van der Waals surface area contributed by atoms with Gasteiger partial charge in [0.1, 0.15) is 23.2 Å². The van der Waals surface area contributed by atoms with Crippen molar-refractivity contribution in [2.45, 2.75) is 20.4 Å². The van der Waals surface area contributed by atoms with Crippen molar-refractivity contribution >= 4 is 29.0 Å². The number of hydrogen-bond acceptors (Lipinski definition) is 4. The number of benzene rings is 2. The Morgan fingerprint density at radius 3 is 2.52 bits per heavy atom. The van der Waals surface area contributed by atoms with E-state index in [1.54, 1.807) is 31.2 Å². The minimum Gasteiger partial charge on any atom is -0.347 e. The first-order valence-electron chi connectivity index (χ1n) is 8.32. The number of hydrogen-bond donors (Lipinski definition) is 2. The van der Waals surface area contributed by atoms with E-state index in [0.717, 1.165) is 16.8 Å². The van der Waals surface area contributed by atoms with Crippen LogP contribution in [0.25, 0.3) is 0 Å². The van der Waals surface area contributed by atoms with Crippen LogP contribution in [0.2, 0.25) is 5.02 Å². The molecule has 1 amide bonds. The lowest BCUT2D eigenvalue weighted by Crippen LogP contribution is -2.24. The highest BCUT2D eigenvalue weighted by Gasteiger charge is 2.11. The van der Waals surface area contributed by atoms with Crippen molar-refractivity contribution in [1.82, 2.24) is 15.3 Å². The third-order valence-corrected chi connectivity index (χ3v) is 4.29. The first-order valence-corrected chi connectivity index (χ1v) is 8.70. The van der Waals surface area contributed by atoms with Crippen molar-refractivity contribution in [2.24, 2.45) is 0 Å². The average Bonchev–Trinajstić information content (AvgIpc) is 2.63. The molecule has 0 aliphatic heterocycles. The molecular formula is C20H18ClFN4O. The van der Waals surface area contributed by atoms with E-state index in [1.165, 1.54) is 12.1 Å². The van der Waals surface area contributed by atoms with Gasteiger partial charge in [0.2, 0.25) is 0 Å². The van der Waals surface area contributed by atoms with E-state index < -0.39 is 0 Å². The lowest BCUT2D eigenvalue weighted by Gasteiger charge is -2.10. The molecule has 0 fully saturated rings. The molecule has 138 valence electrons. The van der Waals surface area contributed by atoms with Gasteiger partial charge in [-0.25, -0.2) is 14.4 Å². The zero-order chi connectivity index (χ0) is 19.4. The number of rotatable bonds is 5. The topological polar surface area (TPSA) is 66.9 Å². The lowest BCUT2D eigenvalue weighted by molar-refractivity contribution is 0.0945. The number of nitrogens with one attached hydrogen (secondary N) is 2. The van der Waals surface area contributed by atoms with Gasteiger partial charge in [-0.3, -0.25) is 4.79 Å². The highest BCUT2D eigenvalue weighted by molar-refractivity contribution is 6.31. The highest BCUT2D eigenvalue weighted by Crippen LogP contribution is 2.22. The fourth-order valence-corrected chi connectivity index (χ4v) is 2.62. The Hall–Kier alpha value is -2.99. The maximum atomic E-state index is 12.9. The Morgan fingerprint density at radius 2 is 1.81 bits per heavy atom. The molecule has 2 N–H and O–H groups in total. The molecule has 0 spiro atoms. The van der Waals surface area contributed by atoms with E-state index in [9.17, 15) is 9.18 Å². The monoisotopic (exact) mass is 384 g/mol. The van der Waals surface area contributed by atoms with Crippen LogP contribution in [0, 0.1) is 19.7 Å². The Morgan fingerprint density at radius 1 is 1.07 bits per heavy atom. The minimum absolute atomic E-state index is 0.241. The number of carbonyl (C=O) groups is 1. The van der Waals surface area contributed by atoms with Crippen molar-refractivity contribution in [3.05, 3.63) is 82.0 Å². The van der Waals surface area contributed by atoms with Crippen LogP contribution < -0.4 is 10.6 Å². The Balaban J connectivity index is 1.72. The predicted octanol–water partition coefficient (Wildman–Crippen LogP) is 4.56. The number of anilines is 2. The van der Waals surface area contributed by atoms with Crippen LogP contribution in [0.4, 0.5) is 15.9 Å². The number of halogens is 2. The molecule has 1 aromatic heterocycles. The molecule has 5 nitrogen and oxygen atoms in total. The van der Waals surface area contributed by atoms with Gasteiger partial charge in [-0.15, -0.1) is 0 Å². The van der Waals surface area contributed by atoms with Crippen LogP contribution in [0.5, 0.6) is 0 Å². The molecule has 27 heavy (non-hydrogen) atoms.